The Balaban J connectivity index is 1.39. The lowest BCUT2D eigenvalue weighted by Gasteiger charge is -2.12. The third-order valence-electron chi connectivity index (χ3n) is 4.78. The van der Waals surface area contributed by atoms with Gasteiger partial charge >= 0.3 is 0 Å². The van der Waals surface area contributed by atoms with Crippen molar-refractivity contribution < 1.29 is 4.79 Å². The molecule has 0 aliphatic heterocycles. The summed E-state index contributed by atoms with van der Waals surface area (Å²) in [5.41, 5.74) is 5.61. The second-order valence-electron chi connectivity index (χ2n) is 6.65. The molecule has 0 saturated carbocycles. The third-order valence-corrected chi connectivity index (χ3v) is 4.78. The number of benzene rings is 2. The summed E-state index contributed by atoms with van der Waals surface area (Å²) in [6.07, 6.45) is 9.24. The van der Waals surface area contributed by atoms with Gasteiger partial charge in [-0.15, -0.1) is 0 Å². The number of imidazole rings is 1. The van der Waals surface area contributed by atoms with Crippen molar-refractivity contribution in [2.75, 3.05) is 0 Å². The van der Waals surface area contributed by atoms with Crippen molar-refractivity contribution in [1.82, 2.24) is 14.9 Å². The van der Waals surface area contributed by atoms with Crippen molar-refractivity contribution in [2.45, 2.75) is 25.8 Å². The molecule has 0 saturated heterocycles. The molecule has 0 radical (unpaired) electrons. The van der Waals surface area contributed by atoms with E-state index in [4.69, 9.17) is 0 Å². The summed E-state index contributed by atoms with van der Waals surface area (Å²) in [5.74, 6) is -0.0546. The van der Waals surface area contributed by atoms with Crippen LogP contribution in [0.1, 0.15) is 34.8 Å². The quantitative estimate of drug-likeness (QED) is 0.728. The van der Waals surface area contributed by atoms with Crippen molar-refractivity contribution in [2.24, 2.45) is 0 Å². The van der Waals surface area contributed by atoms with Gasteiger partial charge in [0.2, 0.25) is 5.91 Å². The fraction of sp³-hybridized carbons (Fsp3) is 0.182. The molecule has 1 heterocycles. The molecule has 1 unspecified atom stereocenters. The predicted octanol–water partition coefficient (Wildman–Crippen LogP) is 4.00. The Labute approximate surface area is 153 Å². The highest BCUT2D eigenvalue weighted by Crippen LogP contribution is 2.30. The summed E-state index contributed by atoms with van der Waals surface area (Å²) < 4.78 is 1.98. The first-order chi connectivity index (χ1) is 12.7. The number of aromatic nitrogens is 2. The van der Waals surface area contributed by atoms with E-state index in [9.17, 15) is 4.79 Å². The highest BCUT2D eigenvalue weighted by molar-refractivity contribution is 5.92. The number of rotatable bonds is 4. The fourth-order valence-corrected chi connectivity index (χ4v) is 3.42. The molecule has 1 N–H and O–H groups in total. The average molecular weight is 343 g/mol. The van der Waals surface area contributed by atoms with E-state index in [0.717, 1.165) is 29.8 Å². The molecule has 3 aromatic rings. The monoisotopic (exact) mass is 343 g/mol. The van der Waals surface area contributed by atoms with Gasteiger partial charge in [0, 0.05) is 18.0 Å². The molecule has 4 heteroatoms. The zero-order valence-corrected chi connectivity index (χ0v) is 14.7. The molecule has 0 spiro atoms. The topological polar surface area (TPSA) is 46.9 Å². The van der Waals surface area contributed by atoms with Crippen molar-refractivity contribution in [3.8, 4) is 5.69 Å². The number of nitrogens with zero attached hydrogens (tertiary/aromatic N) is 2. The molecule has 0 fully saturated rings. The number of fused-ring (bicyclic) bond motifs is 1. The maximum atomic E-state index is 12.3. The lowest BCUT2D eigenvalue weighted by Crippen LogP contribution is -2.25. The SMILES string of the molecule is Cc1cn(-c2ccc(C=CC(=O)NC3CCc4ccccc43)cc2)cn1. The third kappa shape index (κ3) is 3.45. The van der Waals surface area contributed by atoms with Gasteiger partial charge in [-0.05, 0) is 54.7 Å². The van der Waals surface area contributed by atoms with E-state index in [1.807, 2.05) is 54.1 Å². The summed E-state index contributed by atoms with van der Waals surface area (Å²) in [6, 6.07) is 16.5. The zero-order chi connectivity index (χ0) is 17.9. The fourth-order valence-electron chi connectivity index (χ4n) is 3.42. The Morgan fingerprint density at radius 2 is 2.00 bits per heavy atom. The van der Waals surface area contributed by atoms with Crippen molar-refractivity contribution in [3.05, 3.63) is 89.5 Å². The lowest BCUT2D eigenvalue weighted by atomic mass is 10.1. The van der Waals surface area contributed by atoms with Gasteiger partial charge in [-0.1, -0.05) is 36.4 Å². The van der Waals surface area contributed by atoms with Crippen LogP contribution in [0.3, 0.4) is 0 Å². The van der Waals surface area contributed by atoms with Gasteiger partial charge in [-0.2, -0.15) is 0 Å². The van der Waals surface area contributed by atoms with Gasteiger partial charge in [0.1, 0.15) is 0 Å². The summed E-state index contributed by atoms with van der Waals surface area (Å²) in [7, 11) is 0. The van der Waals surface area contributed by atoms with Crippen LogP contribution in [0.2, 0.25) is 0 Å². The summed E-state index contributed by atoms with van der Waals surface area (Å²) in [5, 5.41) is 3.11. The second kappa shape index (κ2) is 7.00. The molecule has 1 aliphatic carbocycles. The first kappa shape index (κ1) is 16.3. The zero-order valence-electron chi connectivity index (χ0n) is 14.7. The van der Waals surface area contributed by atoms with Crippen LogP contribution in [0.5, 0.6) is 0 Å². The Morgan fingerprint density at radius 3 is 2.77 bits per heavy atom. The molecule has 1 aromatic heterocycles. The van der Waals surface area contributed by atoms with E-state index in [1.54, 1.807) is 12.4 Å². The van der Waals surface area contributed by atoms with Gasteiger partial charge < -0.3 is 9.88 Å². The van der Waals surface area contributed by atoms with Crippen LogP contribution in [0.4, 0.5) is 0 Å². The van der Waals surface area contributed by atoms with Crippen LogP contribution in [-0.4, -0.2) is 15.5 Å². The van der Waals surface area contributed by atoms with E-state index >= 15 is 0 Å². The van der Waals surface area contributed by atoms with Crippen molar-refractivity contribution >= 4 is 12.0 Å². The molecule has 1 aliphatic rings. The van der Waals surface area contributed by atoms with Gasteiger partial charge in [-0.25, -0.2) is 4.98 Å². The Morgan fingerprint density at radius 1 is 1.19 bits per heavy atom. The highest BCUT2D eigenvalue weighted by atomic mass is 16.1. The van der Waals surface area contributed by atoms with Crippen LogP contribution in [0.15, 0.2) is 67.1 Å². The molecule has 130 valence electrons. The van der Waals surface area contributed by atoms with E-state index < -0.39 is 0 Å². The largest absolute Gasteiger partial charge is 0.346 e. The van der Waals surface area contributed by atoms with Gasteiger partial charge in [0.25, 0.3) is 0 Å². The first-order valence-corrected chi connectivity index (χ1v) is 8.86. The van der Waals surface area contributed by atoms with Gasteiger partial charge in [-0.3, -0.25) is 4.79 Å². The number of hydrogen-bond acceptors (Lipinski definition) is 2. The van der Waals surface area contributed by atoms with Gasteiger partial charge in [0.05, 0.1) is 18.1 Å². The van der Waals surface area contributed by atoms with Crippen LogP contribution in [0, 0.1) is 6.92 Å². The lowest BCUT2D eigenvalue weighted by molar-refractivity contribution is -0.117. The molecule has 1 atom stereocenters. The number of hydrogen-bond donors (Lipinski definition) is 1. The number of amides is 1. The van der Waals surface area contributed by atoms with E-state index in [2.05, 4.69) is 28.5 Å². The average Bonchev–Trinajstić information content (AvgIpc) is 3.27. The minimum Gasteiger partial charge on any atom is -0.346 e. The number of aryl methyl sites for hydroxylation is 2. The molecule has 4 rings (SSSR count). The molecule has 26 heavy (non-hydrogen) atoms. The Hall–Kier alpha value is -3.14. The molecule has 2 aromatic carbocycles. The highest BCUT2D eigenvalue weighted by Gasteiger charge is 2.22. The summed E-state index contributed by atoms with van der Waals surface area (Å²) in [6.45, 7) is 1.97. The molecular weight excluding hydrogens is 322 g/mol. The second-order valence-corrected chi connectivity index (χ2v) is 6.65. The first-order valence-electron chi connectivity index (χ1n) is 8.86. The van der Waals surface area contributed by atoms with Crippen LogP contribution in [0.25, 0.3) is 11.8 Å². The van der Waals surface area contributed by atoms with Crippen LogP contribution in [-0.2, 0) is 11.2 Å². The smallest absolute Gasteiger partial charge is 0.244 e. The molecule has 4 nitrogen and oxygen atoms in total. The van der Waals surface area contributed by atoms with E-state index in [0.29, 0.717) is 0 Å². The number of carbonyl (C=O) groups is 1. The standard InChI is InChI=1S/C22H21N3O/c1-16-14-25(15-23-16)19-10-6-17(7-11-19)8-13-22(26)24-21-12-9-18-4-2-3-5-20(18)21/h2-8,10-11,13-15,21H,9,12H2,1H3,(H,24,26). The normalized spacial score (nSPS) is 16.0. The predicted molar refractivity (Wildman–Crippen MR) is 103 cm³/mol. The maximum absolute atomic E-state index is 12.3. The number of nitrogens with one attached hydrogen (secondary N) is 1. The minimum absolute atomic E-state index is 0.0546. The van der Waals surface area contributed by atoms with Crippen molar-refractivity contribution in [1.29, 1.82) is 0 Å². The minimum atomic E-state index is -0.0546. The van der Waals surface area contributed by atoms with Gasteiger partial charge in [0.15, 0.2) is 0 Å². The Kier molecular flexibility index (Phi) is 4.40. The van der Waals surface area contributed by atoms with Crippen molar-refractivity contribution in [3.63, 3.8) is 0 Å². The van der Waals surface area contributed by atoms with Crippen LogP contribution < -0.4 is 5.32 Å². The summed E-state index contributed by atoms with van der Waals surface area (Å²) >= 11 is 0. The summed E-state index contributed by atoms with van der Waals surface area (Å²) in [4.78, 5) is 16.5. The van der Waals surface area contributed by atoms with E-state index in [1.165, 1.54) is 11.1 Å². The maximum Gasteiger partial charge on any atom is 0.244 e. The molecular formula is C22H21N3O. The van der Waals surface area contributed by atoms with E-state index in [-0.39, 0.29) is 11.9 Å². The Bertz CT molecular complexity index is 954. The molecule has 0 bridgehead atoms. The number of carbonyl (C=O) groups excluding carboxylic acids is 1. The van der Waals surface area contributed by atoms with Crippen LogP contribution >= 0.6 is 0 Å². The molecule has 1 amide bonds.